The summed E-state index contributed by atoms with van der Waals surface area (Å²) in [5, 5.41) is 31.1. The quantitative estimate of drug-likeness (QED) is 0.702. The van der Waals surface area contributed by atoms with Gasteiger partial charge in [0.25, 0.3) is 0 Å². The number of hydrogen-bond acceptors (Lipinski definition) is 6. The molecule has 7 heteroatoms. The van der Waals surface area contributed by atoms with E-state index in [-0.39, 0.29) is 13.2 Å². The van der Waals surface area contributed by atoms with Crippen LogP contribution in [0.5, 0.6) is 5.75 Å². The molecule has 0 saturated carbocycles. The average molecular weight is 349 g/mol. The number of benzene rings is 2. The van der Waals surface area contributed by atoms with Crippen molar-refractivity contribution in [3.63, 3.8) is 0 Å². The van der Waals surface area contributed by atoms with E-state index in [9.17, 15) is 5.11 Å². The van der Waals surface area contributed by atoms with Gasteiger partial charge in [-0.15, -0.1) is 10.2 Å². The topological polar surface area (TPSA) is 96.9 Å². The molecule has 26 heavy (non-hydrogen) atoms. The van der Waals surface area contributed by atoms with Gasteiger partial charge < -0.3 is 9.84 Å². The first-order valence-electron chi connectivity index (χ1n) is 8.25. The molecule has 7 nitrogen and oxygen atoms in total. The summed E-state index contributed by atoms with van der Waals surface area (Å²) < 4.78 is 5.56. The maximum Gasteiger partial charge on any atom is 0.204 e. The second-order valence-corrected chi connectivity index (χ2v) is 5.98. The number of ether oxygens (including phenoxy) is 1. The number of tetrazole rings is 1. The molecule has 0 saturated heterocycles. The summed E-state index contributed by atoms with van der Waals surface area (Å²) in [6, 6.07) is 17.2. The highest BCUT2D eigenvalue weighted by molar-refractivity contribution is 5.53. The van der Waals surface area contributed by atoms with Gasteiger partial charge in [0.05, 0.1) is 19.0 Å². The number of aryl methyl sites for hydroxylation is 1. The molecule has 1 N–H and O–H groups in total. The van der Waals surface area contributed by atoms with Crippen molar-refractivity contribution in [2.45, 2.75) is 26.0 Å². The molecule has 0 spiro atoms. The van der Waals surface area contributed by atoms with E-state index < -0.39 is 6.10 Å². The highest BCUT2D eigenvalue weighted by atomic mass is 16.5. The van der Waals surface area contributed by atoms with E-state index in [1.165, 1.54) is 4.80 Å². The van der Waals surface area contributed by atoms with E-state index in [0.717, 1.165) is 16.7 Å². The van der Waals surface area contributed by atoms with E-state index in [4.69, 9.17) is 10.00 Å². The van der Waals surface area contributed by atoms with Crippen LogP contribution in [0.2, 0.25) is 0 Å². The maximum atomic E-state index is 10.1. The van der Waals surface area contributed by atoms with Crippen LogP contribution in [0.1, 0.15) is 11.1 Å². The lowest BCUT2D eigenvalue weighted by Crippen LogP contribution is -2.25. The molecule has 0 aliphatic heterocycles. The van der Waals surface area contributed by atoms with Crippen LogP contribution < -0.4 is 4.74 Å². The number of hydrogen-bond donors (Lipinski definition) is 1. The number of nitrogens with zero attached hydrogens (tertiary/aromatic N) is 5. The highest BCUT2D eigenvalue weighted by Crippen LogP contribution is 2.15. The molecular formula is C19H19N5O2. The van der Waals surface area contributed by atoms with Crippen LogP contribution in [0.15, 0.2) is 48.5 Å². The minimum Gasteiger partial charge on any atom is -0.491 e. The summed E-state index contributed by atoms with van der Waals surface area (Å²) in [4.78, 5) is 1.36. The summed E-state index contributed by atoms with van der Waals surface area (Å²) in [5.41, 5.74) is 2.97. The fourth-order valence-corrected chi connectivity index (χ4v) is 2.37. The Labute approximate surface area is 151 Å². The number of aromatic nitrogens is 4. The molecule has 1 aromatic heterocycles. The molecule has 0 unspecified atom stereocenters. The third kappa shape index (κ3) is 4.65. The van der Waals surface area contributed by atoms with Crippen LogP contribution in [-0.2, 0) is 13.0 Å². The number of nitriles is 1. The van der Waals surface area contributed by atoms with Crippen LogP contribution in [0.25, 0.3) is 11.4 Å². The molecular weight excluding hydrogens is 330 g/mol. The lowest BCUT2D eigenvalue weighted by atomic mass is 10.1. The molecule has 1 heterocycles. The zero-order chi connectivity index (χ0) is 18.4. The summed E-state index contributed by atoms with van der Waals surface area (Å²) in [6.07, 6.45) is -0.404. The zero-order valence-electron chi connectivity index (χ0n) is 14.4. The molecule has 0 bridgehead atoms. The summed E-state index contributed by atoms with van der Waals surface area (Å²) >= 11 is 0. The van der Waals surface area contributed by atoms with E-state index in [1.807, 2.05) is 43.3 Å². The van der Waals surface area contributed by atoms with Crippen LogP contribution in [0, 0.1) is 18.3 Å². The second-order valence-electron chi connectivity index (χ2n) is 5.98. The zero-order valence-corrected chi connectivity index (χ0v) is 14.4. The third-order valence-corrected chi connectivity index (χ3v) is 3.79. The normalized spacial score (nSPS) is 11.7. The Morgan fingerprint density at radius 3 is 2.58 bits per heavy atom. The van der Waals surface area contributed by atoms with Gasteiger partial charge >= 0.3 is 0 Å². The average Bonchev–Trinajstić information content (AvgIpc) is 3.10. The van der Waals surface area contributed by atoms with Crippen molar-refractivity contribution in [3.8, 4) is 23.2 Å². The molecule has 0 aliphatic rings. The Hall–Kier alpha value is -3.24. The van der Waals surface area contributed by atoms with Crippen LogP contribution in [0.4, 0.5) is 0 Å². The van der Waals surface area contributed by atoms with Gasteiger partial charge in [-0.2, -0.15) is 10.1 Å². The van der Waals surface area contributed by atoms with Gasteiger partial charge in [-0.25, -0.2) is 0 Å². The first-order chi connectivity index (χ1) is 12.6. The molecule has 3 aromatic rings. The van der Waals surface area contributed by atoms with Crippen molar-refractivity contribution in [1.29, 1.82) is 5.26 Å². The Balaban J connectivity index is 1.52. The van der Waals surface area contributed by atoms with Crippen LogP contribution >= 0.6 is 0 Å². The van der Waals surface area contributed by atoms with Crippen molar-refractivity contribution in [2.24, 2.45) is 0 Å². The van der Waals surface area contributed by atoms with E-state index >= 15 is 0 Å². The fraction of sp³-hybridized carbons (Fsp3) is 0.263. The Morgan fingerprint density at radius 2 is 1.88 bits per heavy atom. The second kappa shape index (κ2) is 8.23. The summed E-state index contributed by atoms with van der Waals surface area (Å²) in [5.74, 6) is 1.16. The van der Waals surface area contributed by atoms with E-state index in [1.54, 1.807) is 12.1 Å². The van der Waals surface area contributed by atoms with Gasteiger partial charge in [-0.3, -0.25) is 0 Å². The Bertz CT molecular complexity index is 882. The van der Waals surface area contributed by atoms with Crippen molar-refractivity contribution < 1.29 is 9.84 Å². The van der Waals surface area contributed by atoms with Gasteiger partial charge in [-0.05, 0) is 29.8 Å². The predicted octanol–water partition coefficient (Wildman–Crippen LogP) is 2.15. The standard InChI is InChI=1S/C19H19N5O2/c1-14-2-6-16(7-3-14)19-21-23-24(22-19)12-17(25)13-26-18-8-4-15(5-9-18)10-11-20/h2-9,17,25H,10,12-13H2,1H3/t17-/m0/s1. The van der Waals surface area contributed by atoms with Gasteiger partial charge in [0.2, 0.25) is 5.82 Å². The number of aliphatic hydroxyl groups is 1. The molecule has 0 fully saturated rings. The molecule has 2 aromatic carbocycles. The molecule has 0 amide bonds. The van der Waals surface area contributed by atoms with Gasteiger partial charge in [-0.1, -0.05) is 42.0 Å². The lowest BCUT2D eigenvalue weighted by molar-refractivity contribution is 0.0850. The smallest absolute Gasteiger partial charge is 0.204 e. The van der Waals surface area contributed by atoms with Crippen molar-refractivity contribution in [2.75, 3.05) is 6.61 Å². The monoisotopic (exact) mass is 349 g/mol. The van der Waals surface area contributed by atoms with Gasteiger partial charge in [0.1, 0.15) is 18.5 Å². The van der Waals surface area contributed by atoms with E-state index in [2.05, 4.69) is 21.5 Å². The van der Waals surface area contributed by atoms with Crippen LogP contribution in [0.3, 0.4) is 0 Å². The molecule has 0 aliphatic carbocycles. The Kier molecular flexibility index (Phi) is 5.56. The highest BCUT2D eigenvalue weighted by Gasteiger charge is 2.11. The lowest BCUT2D eigenvalue weighted by Gasteiger charge is -2.11. The molecule has 132 valence electrons. The molecule has 1 atom stereocenters. The van der Waals surface area contributed by atoms with Gasteiger partial charge in [0, 0.05) is 5.56 Å². The van der Waals surface area contributed by atoms with Crippen molar-refractivity contribution in [3.05, 3.63) is 59.7 Å². The van der Waals surface area contributed by atoms with Crippen molar-refractivity contribution >= 4 is 0 Å². The molecule has 0 radical (unpaired) electrons. The van der Waals surface area contributed by atoms with Crippen molar-refractivity contribution in [1.82, 2.24) is 20.2 Å². The number of aliphatic hydroxyl groups excluding tert-OH is 1. The first-order valence-corrected chi connectivity index (χ1v) is 8.25. The predicted molar refractivity (Wildman–Crippen MR) is 95.3 cm³/mol. The van der Waals surface area contributed by atoms with E-state index in [0.29, 0.717) is 18.0 Å². The number of rotatable bonds is 7. The first kappa shape index (κ1) is 17.6. The minimum absolute atomic E-state index is 0.110. The fourth-order valence-electron chi connectivity index (χ4n) is 2.37. The summed E-state index contributed by atoms with van der Waals surface area (Å²) in [6.45, 7) is 2.31. The molecule has 3 rings (SSSR count). The Morgan fingerprint density at radius 1 is 1.15 bits per heavy atom. The van der Waals surface area contributed by atoms with Gasteiger partial charge in [0.15, 0.2) is 0 Å². The summed E-state index contributed by atoms with van der Waals surface area (Å²) in [7, 11) is 0. The third-order valence-electron chi connectivity index (χ3n) is 3.79. The maximum absolute atomic E-state index is 10.1. The SMILES string of the molecule is Cc1ccc(-c2nnn(C[C@H](O)COc3ccc(CC#N)cc3)n2)cc1. The minimum atomic E-state index is -0.770. The largest absolute Gasteiger partial charge is 0.491 e. The van der Waals surface area contributed by atoms with Crippen LogP contribution in [-0.4, -0.2) is 38.0 Å².